The first-order valence-electron chi connectivity index (χ1n) is 0.359. The van der Waals surface area contributed by atoms with Gasteiger partial charge < -0.3 is 0 Å². The maximum atomic E-state index is 4.96. The molecule has 8 heavy (non-hydrogen) atoms. The molecule has 0 fully saturated rings. The van der Waals surface area contributed by atoms with Crippen LogP contribution in [0.4, 0.5) is 0 Å². The fourth-order valence-corrected chi connectivity index (χ4v) is 0. The molecule has 0 aliphatic carbocycles. The van der Waals surface area contributed by atoms with Crippen molar-refractivity contribution in [2.45, 2.75) is 0 Å². The maximum Gasteiger partial charge on any atom is 0 e. The molecule has 0 saturated carbocycles. The van der Waals surface area contributed by atoms with Gasteiger partial charge in [0.05, 0.1) is 0 Å². The second-order valence-corrected chi connectivity index (χ2v) is 9.05. The first-order chi connectivity index (χ1) is 1.73. The van der Waals surface area contributed by atoms with Crippen LogP contribution < -0.4 is 0 Å². The van der Waals surface area contributed by atoms with Crippen LogP contribution in [0.5, 0.6) is 0 Å². The van der Waals surface area contributed by atoms with Gasteiger partial charge >= 0.3 is 46.7 Å². The van der Waals surface area contributed by atoms with Crippen LogP contribution in [0.1, 0.15) is 0 Å². The van der Waals surface area contributed by atoms with Crippen LogP contribution in [-0.4, -0.2) is 0 Å². The molecule has 70 valence electrons. The average molecular weight is 859 g/mol. The van der Waals surface area contributed by atoms with E-state index in [0.717, 1.165) is 0 Å². The van der Waals surface area contributed by atoms with Crippen molar-refractivity contribution in [1.29, 1.82) is 0 Å². The van der Waals surface area contributed by atoms with Crippen molar-refractivity contribution in [2.24, 2.45) is 0 Å². The summed E-state index contributed by atoms with van der Waals surface area (Å²) in [6.07, 6.45) is 14.9. The second kappa shape index (κ2) is 23.7. The van der Waals surface area contributed by atoms with Crippen molar-refractivity contribution in [1.82, 2.24) is 0 Å². The van der Waals surface area contributed by atoms with Crippen LogP contribution in [0, 0.1) is 140 Å². The van der Waals surface area contributed by atoms with E-state index < -0.39 is 27.7 Å². The molecule has 0 atom stereocenters. The van der Waals surface area contributed by atoms with Gasteiger partial charge in [-0.15, -0.1) is 0 Å². The van der Waals surface area contributed by atoms with Crippen LogP contribution in [0.3, 0.4) is 0 Å². The van der Waals surface area contributed by atoms with Gasteiger partial charge in [0, 0.05) is 145 Å². The first-order valence-corrected chi connectivity index (χ1v) is 7.98. The van der Waals surface area contributed by atoms with Crippen molar-refractivity contribution >= 4 is 18.9 Å². The molecule has 0 aromatic heterocycles. The van der Waals surface area contributed by atoms with E-state index in [1.54, 1.807) is 0 Å². The molecular formula is Cl3DyErHoTmY. The van der Waals surface area contributed by atoms with Crippen LogP contribution in [0.2, 0.25) is 0 Å². The molecule has 0 aromatic carbocycles. The third-order valence-corrected chi connectivity index (χ3v) is 0. The smallest absolute Gasteiger partial charge is 0 e. The van der Waals surface area contributed by atoms with Crippen molar-refractivity contribution in [3.63, 3.8) is 0 Å². The zero-order chi connectivity index (χ0) is 3.58. The van der Waals surface area contributed by atoms with Gasteiger partial charge in [-0.05, 0) is 0 Å². The molecule has 0 nitrogen and oxygen atoms in total. The summed E-state index contributed by atoms with van der Waals surface area (Å²) in [4.78, 5) is 0. The number of hydrogen-bond donors (Lipinski definition) is 0. The zero-order valence-electron chi connectivity index (χ0n) is 2.90. The standard InChI is InChI=1S/3ClH.Dy.Er.Ho.Tm.Y/h3*1H;;;;;/q;;;+3;;;;/p-3. The second-order valence-electron chi connectivity index (χ2n) is 0.136. The van der Waals surface area contributed by atoms with Gasteiger partial charge in [0.1, 0.15) is 0 Å². The van der Waals surface area contributed by atoms with E-state index in [1.165, 1.54) is 0 Å². The quantitative estimate of drug-likeness (QED) is 0.328. The van der Waals surface area contributed by atoms with Gasteiger partial charge in [-0.25, -0.2) is 0 Å². The molecule has 3 radical (unpaired) electrons. The molecule has 0 unspecified atom stereocenters. The molecule has 0 saturated heterocycles. The Morgan fingerprint density at radius 1 is 1.00 bits per heavy atom. The van der Waals surface area contributed by atoms with E-state index in [2.05, 4.69) is 0 Å². The molecule has 0 spiro atoms. The van der Waals surface area contributed by atoms with Crippen molar-refractivity contribution in [3.8, 4) is 0 Å². The van der Waals surface area contributed by atoms with Gasteiger partial charge in [0.25, 0.3) is 0 Å². The van der Waals surface area contributed by atoms with Crippen molar-refractivity contribution in [2.75, 3.05) is 0 Å². The molecule has 8 heteroatoms. The monoisotopic (exact) mass is 858 g/mol. The van der Waals surface area contributed by atoms with E-state index in [9.17, 15) is 0 Å². The van der Waals surface area contributed by atoms with Gasteiger partial charge in [0.15, 0.2) is 0 Å². The summed E-state index contributed by atoms with van der Waals surface area (Å²) in [6.45, 7) is 0. The molecule has 0 heterocycles. The van der Waals surface area contributed by atoms with E-state index >= 15 is 0 Å². The SMILES string of the molecule is [Cl][Dy]([Cl])[Cl].[Er].[Ho].[Tm].[Y]. The van der Waals surface area contributed by atoms with Crippen molar-refractivity contribution in [3.05, 3.63) is 0 Å². The van der Waals surface area contributed by atoms with Crippen LogP contribution in [0.25, 0.3) is 0 Å². The minimum Gasteiger partial charge on any atom is 0 e. The minimum absolute atomic E-state index is 0. The minimum atomic E-state index is -1.85. The Bertz CT molecular complexity index is 24.0. The third kappa shape index (κ3) is 38.2. The maximum absolute atomic E-state index is 4.96. The fourth-order valence-electron chi connectivity index (χ4n) is 0. The largest absolute Gasteiger partial charge is 0 e. The Kier molecular flexibility index (Phi) is 86.9. The van der Waals surface area contributed by atoms with Gasteiger partial charge in [0.2, 0.25) is 0 Å². The summed E-state index contributed by atoms with van der Waals surface area (Å²) in [6, 6.07) is 0. The van der Waals surface area contributed by atoms with Gasteiger partial charge in [-0.2, -0.15) is 0 Å². The Morgan fingerprint density at radius 3 is 1.00 bits per heavy atom. The van der Waals surface area contributed by atoms with Gasteiger partial charge in [-0.1, -0.05) is 0 Å². The zero-order valence-corrected chi connectivity index (χ0v) is 15.6. The summed E-state index contributed by atoms with van der Waals surface area (Å²) in [5, 5.41) is 0. The normalized spacial score (nSPS) is 5.62. The number of hydrogen-bond acceptors (Lipinski definition) is 0. The van der Waals surface area contributed by atoms with E-state index in [-0.39, 0.29) is 145 Å². The predicted octanol–water partition coefficient (Wildman–Crippen LogP) is 2.07. The van der Waals surface area contributed by atoms with E-state index in [4.69, 9.17) is 18.9 Å². The topological polar surface area (TPSA) is 0 Å². The summed E-state index contributed by atoms with van der Waals surface area (Å²) in [5.74, 6) is 0. The average Bonchev–Trinajstić information content (AvgIpc) is 0.811. The van der Waals surface area contributed by atoms with E-state index in [0.29, 0.717) is 0 Å². The molecule has 0 N–H and O–H groups in total. The summed E-state index contributed by atoms with van der Waals surface area (Å²) >= 11 is -1.85. The van der Waals surface area contributed by atoms with Crippen molar-refractivity contribution < 1.29 is 172 Å². The number of rotatable bonds is 0. The Hall–Kier alpha value is 6.99. The molecular weight excluding hydrogens is 859 g/mol. The summed E-state index contributed by atoms with van der Waals surface area (Å²) in [5.41, 5.74) is 0. The molecule has 0 aliphatic rings. The first kappa shape index (κ1) is 29.4. The molecule has 0 bridgehead atoms. The molecule has 0 aromatic rings. The summed E-state index contributed by atoms with van der Waals surface area (Å²) < 4.78 is 0. The van der Waals surface area contributed by atoms with Crippen LogP contribution >= 0.6 is 18.9 Å². The Labute approximate surface area is 184 Å². The Morgan fingerprint density at radius 2 is 1.00 bits per heavy atom. The van der Waals surface area contributed by atoms with Gasteiger partial charge in [-0.3, -0.25) is 0 Å². The Balaban J connectivity index is -0.00000000750. The fraction of sp³-hybridized carbons (Fsp3) is 0. The molecule has 0 aliphatic heterocycles. The molecule has 0 amide bonds. The van der Waals surface area contributed by atoms with Crippen LogP contribution in [0.15, 0.2) is 0 Å². The summed E-state index contributed by atoms with van der Waals surface area (Å²) in [7, 11) is 0. The molecule has 0 rings (SSSR count). The third-order valence-electron chi connectivity index (χ3n) is 0. The van der Waals surface area contributed by atoms with Crippen LogP contribution in [-0.2, 0) is 32.7 Å². The predicted molar refractivity (Wildman–Crippen MR) is 17.6 cm³/mol. The van der Waals surface area contributed by atoms with E-state index in [1.807, 2.05) is 0 Å². The number of halogens is 3.